The maximum Gasteiger partial charge on any atom is 0.297 e. The molecule has 0 amide bonds. The first kappa shape index (κ1) is 15.1. The molecule has 0 bridgehead atoms. The average molecular weight is 294 g/mol. The molecule has 21 heavy (non-hydrogen) atoms. The quantitative estimate of drug-likeness (QED) is 0.477. The van der Waals surface area contributed by atoms with E-state index in [1.165, 1.54) is 16.8 Å². The lowest BCUT2D eigenvalue weighted by atomic mass is 10.2. The standard InChI is InChI=1S/C13H15FN4O3/c1-21-7-5-15-9-11-4-6-17(16-11)12-3-2-10(14)8-13(12)18(19)20/h2-4,6,8,15H,5,7,9H2,1H3. The molecule has 2 rings (SSSR count). The lowest BCUT2D eigenvalue weighted by Crippen LogP contribution is -2.18. The van der Waals surface area contributed by atoms with Gasteiger partial charge >= 0.3 is 0 Å². The van der Waals surface area contributed by atoms with Gasteiger partial charge in [-0.15, -0.1) is 0 Å². The molecular weight excluding hydrogens is 279 g/mol. The Kier molecular flexibility index (Phi) is 4.96. The van der Waals surface area contributed by atoms with Crippen molar-refractivity contribution in [3.05, 3.63) is 52.1 Å². The van der Waals surface area contributed by atoms with Gasteiger partial charge in [0.1, 0.15) is 11.5 Å². The molecule has 0 fully saturated rings. The minimum absolute atomic E-state index is 0.226. The molecule has 8 heteroatoms. The van der Waals surface area contributed by atoms with Crippen LogP contribution < -0.4 is 5.32 Å². The third-order valence-corrected chi connectivity index (χ3v) is 2.81. The van der Waals surface area contributed by atoms with Crippen molar-refractivity contribution in [3.63, 3.8) is 0 Å². The fourth-order valence-electron chi connectivity index (χ4n) is 1.82. The second kappa shape index (κ2) is 6.91. The van der Waals surface area contributed by atoms with Crippen LogP contribution in [0.1, 0.15) is 5.69 Å². The number of benzene rings is 1. The number of hydrogen-bond acceptors (Lipinski definition) is 5. The Morgan fingerprint density at radius 1 is 1.48 bits per heavy atom. The molecule has 0 aliphatic rings. The van der Waals surface area contributed by atoms with Crippen molar-refractivity contribution in [2.75, 3.05) is 20.3 Å². The van der Waals surface area contributed by atoms with Crippen LogP contribution in [0.2, 0.25) is 0 Å². The van der Waals surface area contributed by atoms with Gasteiger partial charge in [-0.2, -0.15) is 5.10 Å². The molecule has 7 nitrogen and oxygen atoms in total. The van der Waals surface area contributed by atoms with E-state index in [0.29, 0.717) is 19.7 Å². The van der Waals surface area contributed by atoms with E-state index in [1.807, 2.05) is 0 Å². The van der Waals surface area contributed by atoms with Crippen molar-refractivity contribution in [2.45, 2.75) is 6.54 Å². The molecule has 1 aromatic heterocycles. The van der Waals surface area contributed by atoms with E-state index in [2.05, 4.69) is 10.4 Å². The maximum absolute atomic E-state index is 13.1. The number of hydrogen-bond donors (Lipinski definition) is 1. The Labute approximate surface area is 120 Å². The zero-order valence-corrected chi connectivity index (χ0v) is 11.5. The number of aromatic nitrogens is 2. The van der Waals surface area contributed by atoms with Crippen LogP contribution in [0.5, 0.6) is 0 Å². The van der Waals surface area contributed by atoms with Crippen molar-refractivity contribution in [2.24, 2.45) is 0 Å². The van der Waals surface area contributed by atoms with E-state index < -0.39 is 10.7 Å². The average Bonchev–Trinajstić information content (AvgIpc) is 2.92. The minimum atomic E-state index is -0.654. The Balaban J connectivity index is 2.16. The number of nitrogens with one attached hydrogen (secondary N) is 1. The van der Waals surface area contributed by atoms with Gasteiger partial charge in [-0.25, -0.2) is 9.07 Å². The summed E-state index contributed by atoms with van der Waals surface area (Å²) in [7, 11) is 1.62. The molecule has 0 unspecified atom stereocenters. The molecule has 0 spiro atoms. The summed E-state index contributed by atoms with van der Waals surface area (Å²) < 4.78 is 19.4. The highest BCUT2D eigenvalue weighted by molar-refractivity contribution is 5.51. The van der Waals surface area contributed by atoms with Crippen LogP contribution in [0.4, 0.5) is 10.1 Å². The second-order valence-corrected chi connectivity index (χ2v) is 4.31. The molecule has 112 valence electrons. The van der Waals surface area contributed by atoms with Gasteiger partial charge in [0.2, 0.25) is 0 Å². The van der Waals surface area contributed by atoms with E-state index in [-0.39, 0.29) is 11.4 Å². The maximum atomic E-state index is 13.1. The van der Waals surface area contributed by atoms with Crippen molar-refractivity contribution in [1.29, 1.82) is 0 Å². The number of methoxy groups -OCH3 is 1. The van der Waals surface area contributed by atoms with Gasteiger partial charge in [0.25, 0.3) is 5.69 Å². The van der Waals surface area contributed by atoms with E-state index in [9.17, 15) is 14.5 Å². The third kappa shape index (κ3) is 3.83. The molecule has 0 atom stereocenters. The van der Waals surface area contributed by atoms with Gasteiger partial charge in [0, 0.05) is 26.4 Å². The summed E-state index contributed by atoms with van der Waals surface area (Å²) in [5.74, 6) is -0.654. The molecule has 0 saturated heterocycles. The fraction of sp³-hybridized carbons (Fsp3) is 0.308. The highest BCUT2D eigenvalue weighted by Crippen LogP contribution is 2.23. The van der Waals surface area contributed by atoms with Crippen molar-refractivity contribution in [3.8, 4) is 5.69 Å². The Morgan fingerprint density at radius 2 is 2.29 bits per heavy atom. The van der Waals surface area contributed by atoms with E-state index in [1.54, 1.807) is 19.4 Å². The molecule has 0 radical (unpaired) electrons. The predicted molar refractivity (Wildman–Crippen MR) is 73.8 cm³/mol. The summed E-state index contributed by atoms with van der Waals surface area (Å²) in [6.45, 7) is 1.79. The first-order chi connectivity index (χ1) is 10.1. The van der Waals surface area contributed by atoms with Crippen LogP contribution in [0.25, 0.3) is 5.69 Å². The number of nitrogens with zero attached hydrogens (tertiary/aromatic N) is 3. The monoisotopic (exact) mass is 294 g/mol. The van der Waals surface area contributed by atoms with E-state index in [4.69, 9.17) is 4.74 Å². The topological polar surface area (TPSA) is 82.2 Å². The molecule has 0 aliphatic carbocycles. The number of halogens is 1. The number of rotatable bonds is 7. The van der Waals surface area contributed by atoms with Crippen LogP contribution in [0.3, 0.4) is 0 Å². The van der Waals surface area contributed by atoms with Gasteiger partial charge in [-0.05, 0) is 18.2 Å². The summed E-state index contributed by atoms with van der Waals surface area (Å²) in [5.41, 5.74) is 0.631. The van der Waals surface area contributed by atoms with Crippen LogP contribution in [-0.2, 0) is 11.3 Å². The molecule has 0 aliphatic heterocycles. The predicted octanol–water partition coefficient (Wildman–Crippen LogP) is 1.66. The number of nitro benzene ring substituents is 1. The SMILES string of the molecule is COCCNCc1ccn(-c2ccc(F)cc2[N+](=O)[O-])n1. The van der Waals surface area contributed by atoms with Gasteiger partial charge in [0.15, 0.2) is 0 Å². The van der Waals surface area contributed by atoms with Crippen LogP contribution in [0.15, 0.2) is 30.5 Å². The molecular formula is C13H15FN4O3. The summed E-state index contributed by atoms with van der Waals surface area (Å²) >= 11 is 0. The summed E-state index contributed by atoms with van der Waals surface area (Å²) in [4.78, 5) is 10.3. The van der Waals surface area contributed by atoms with Crippen molar-refractivity contribution >= 4 is 5.69 Å². The summed E-state index contributed by atoms with van der Waals surface area (Å²) in [5, 5.41) is 18.3. The van der Waals surface area contributed by atoms with Gasteiger partial charge in [-0.1, -0.05) is 0 Å². The number of ether oxygens (including phenoxy) is 1. The fourth-order valence-corrected chi connectivity index (χ4v) is 1.82. The first-order valence-corrected chi connectivity index (χ1v) is 6.30. The largest absolute Gasteiger partial charge is 0.383 e. The molecule has 1 N–H and O–H groups in total. The van der Waals surface area contributed by atoms with E-state index in [0.717, 1.165) is 11.8 Å². The van der Waals surface area contributed by atoms with Gasteiger partial charge < -0.3 is 10.1 Å². The minimum Gasteiger partial charge on any atom is -0.383 e. The summed E-state index contributed by atoms with van der Waals surface area (Å²) in [6, 6.07) is 5.13. The zero-order chi connectivity index (χ0) is 15.2. The van der Waals surface area contributed by atoms with E-state index >= 15 is 0 Å². The van der Waals surface area contributed by atoms with Crippen LogP contribution >= 0.6 is 0 Å². The smallest absolute Gasteiger partial charge is 0.297 e. The molecule has 1 heterocycles. The highest BCUT2D eigenvalue weighted by atomic mass is 19.1. The Bertz CT molecular complexity index is 630. The molecule has 1 aromatic carbocycles. The Hall–Kier alpha value is -2.32. The first-order valence-electron chi connectivity index (χ1n) is 6.30. The van der Waals surface area contributed by atoms with Gasteiger partial charge in [0.05, 0.1) is 23.3 Å². The molecule has 0 saturated carbocycles. The highest BCUT2D eigenvalue weighted by Gasteiger charge is 2.17. The lowest BCUT2D eigenvalue weighted by molar-refractivity contribution is -0.384. The van der Waals surface area contributed by atoms with Crippen molar-refractivity contribution in [1.82, 2.24) is 15.1 Å². The normalized spacial score (nSPS) is 10.8. The third-order valence-electron chi connectivity index (χ3n) is 2.81. The van der Waals surface area contributed by atoms with Gasteiger partial charge in [-0.3, -0.25) is 10.1 Å². The Morgan fingerprint density at radius 3 is 3.00 bits per heavy atom. The number of nitro groups is 1. The lowest BCUT2D eigenvalue weighted by Gasteiger charge is -2.03. The van der Waals surface area contributed by atoms with Crippen LogP contribution in [-0.4, -0.2) is 35.0 Å². The molecule has 2 aromatic rings. The summed E-state index contributed by atoms with van der Waals surface area (Å²) in [6.07, 6.45) is 1.60. The van der Waals surface area contributed by atoms with Crippen molar-refractivity contribution < 1.29 is 14.1 Å². The van der Waals surface area contributed by atoms with Crippen LogP contribution in [0, 0.1) is 15.9 Å². The second-order valence-electron chi connectivity index (χ2n) is 4.31. The zero-order valence-electron chi connectivity index (χ0n) is 11.5.